The van der Waals surface area contributed by atoms with E-state index in [1.807, 2.05) is 0 Å². The summed E-state index contributed by atoms with van der Waals surface area (Å²) in [6.07, 6.45) is 0. The lowest BCUT2D eigenvalue weighted by Gasteiger charge is -2.28. The van der Waals surface area contributed by atoms with Crippen molar-refractivity contribution in [3.63, 3.8) is 0 Å². The van der Waals surface area contributed by atoms with Crippen molar-refractivity contribution < 1.29 is 4.79 Å². The van der Waals surface area contributed by atoms with Gasteiger partial charge in [0.05, 0.1) is 6.54 Å². The first-order valence-corrected chi connectivity index (χ1v) is 10.2. The number of anilines is 1. The third-order valence-electron chi connectivity index (χ3n) is 4.71. The SMILES string of the molecule is CN=C(NCc1ccc(N2CCNC(=O)C2)cc1)NCC(C)c1ccsc1. The van der Waals surface area contributed by atoms with E-state index < -0.39 is 0 Å². The van der Waals surface area contributed by atoms with E-state index in [1.165, 1.54) is 11.1 Å². The minimum Gasteiger partial charge on any atom is -0.360 e. The first-order chi connectivity index (χ1) is 13.2. The summed E-state index contributed by atoms with van der Waals surface area (Å²) in [5.74, 6) is 1.32. The standard InChI is InChI=1S/C20H27N5OS/c1-15(17-7-10-27-14-17)11-23-20(21-2)24-12-16-3-5-18(6-4-16)25-9-8-22-19(26)13-25/h3-7,10,14-15H,8-9,11-13H2,1-2H3,(H,22,26)(H2,21,23,24). The van der Waals surface area contributed by atoms with Crippen molar-refractivity contribution in [3.05, 3.63) is 52.2 Å². The lowest BCUT2D eigenvalue weighted by Crippen LogP contribution is -2.47. The number of carbonyl (C=O) groups excluding carboxylic acids is 1. The summed E-state index contributed by atoms with van der Waals surface area (Å²) >= 11 is 1.73. The number of hydrogen-bond donors (Lipinski definition) is 3. The van der Waals surface area contributed by atoms with Gasteiger partial charge in [-0.25, -0.2) is 0 Å². The molecule has 0 radical (unpaired) electrons. The first-order valence-electron chi connectivity index (χ1n) is 9.23. The summed E-state index contributed by atoms with van der Waals surface area (Å²) in [7, 11) is 1.79. The zero-order chi connectivity index (χ0) is 19.1. The molecule has 2 heterocycles. The van der Waals surface area contributed by atoms with Crippen LogP contribution in [0.4, 0.5) is 5.69 Å². The minimum absolute atomic E-state index is 0.0820. The highest BCUT2D eigenvalue weighted by Gasteiger charge is 2.16. The van der Waals surface area contributed by atoms with Gasteiger partial charge in [-0.1, -0.05) is 19.1 Å². The van der Waals surface area contributed by atoms with Gasteiger partial charge in [-0.3, -0.25) is 9.79 Å². The summed E-state index contributed by atoms with van der Waals surface area (Å²) < 4.78 is 0. The fourth-order valence-corrected chi connectivity index (χ4v) is 3.80. The molecule has 7 heteroatoms. The number of benzene rings is 1. The second-order valence-corrected chi connectivity index (χ2v) is 7.48. The van der Waals surface area contributed by atoms with E-state index in [0.29, 0.717) is 25.6 Å². The first kappa shape index (κ1) is 19.2. The van der Waals surface area contributed by atoms with Crippen LogP contribution in [0.1, 0.15) is 24.0 Å². The number of guanidine groups is 1. The predicted molar refractivity (Wildman–Crippen MR) is 113 cm³/mol. The summed E-state index contributed by atoms with van der Waals surface area (Å²) in [6.45, 7) is 5.73. The second kappa shape index (κ2) is 9.41. The van der Waals surface area contributed by atoms with Crippen molar-refractivity contribution in [2.45, 2.75) is 19.4 Å². The van der Waals surface area contributed by atoms with Crippen molar-refractivity contribution in [1.82, 2.24) is 16.0 Å². The number of piperazine rings is 1. The largest absolute Gasteiger partial charge is 0.360 e. The number of nitrogens with zero attached hydrogens (tertiary/aromatic N) is 2. The Morgan fingerprint density at radius 1 is 1.30 bits per heavy atom. The molecule has 1 aliphatic heterocycles. The summed E-state index contributed by atoms with van der Waals surface area (Å²) in [4.78, 5) is 17.9. The van der Waals surface area contributed by atoms with Crippen LogP contribution in [0.3, 0.4) is 0 Å². The Morgan fingerprint density at radius 3 is 2.78 bits per heavy atom. The summed E-state index contributed by atoms with van der Waals surface area (Å²) in [5.41, 5.74) is 3.61. The van der Waals surface area contributed by atoms with Crippen LogP contribution in [-0.2, 0) is 11.3 Å². The maximum absolute atomic E-state index is 11.5. The van der Waals surface area contributed by atoms with Crippen LogP contribution in [0.15, 0.2) is 46.1 Å². The van der Waals surface area contributed by atoms with Gasteiger partial charge in [0, 0.05) is 38.9 Å². The van der Waals surface area contributed by atoms with Crippen molar-refractivity contribution in [2.24, 2.45) is 4.99 Å². The fourth-order valence-electron chi connectivity index (χ4n) is 3.01. The van der Waals surface area contributed by atoms with E-state index in [4.69, 9.17) is 0 Å². The molecule has 2 aromatic rings. The Morgan fingerprint density at radius 2 is 2.11 bits per heavy atom. The molecule has 1 amide bonds. The van der Waals surface area contributed by atoms with E-state index in [0.717, 1.165) is 24.7 Å². The number of amides is 1. The van der Waals surface area contributed by atoms with Crippen LogP contribution in [0.25, 0.3) is 0 Å². The third kappa shape index (κ3) is 5.47. The Kier molecular flexibility index (Phi) is 6.70. The molecule has 1 aromatic heterocycles. The van der Waals surface area contributed by atoms with Crippen LogP contribution < -0.4 is 20.9 Å². The van der Waals surface area contributed by atoms with Crippen LogP contribution in [0.5, 0.6) is 0 Å². The van der Waals surface area contributed by atoms with Gasteiger partial charge < -0.3 is 20.9 Å². The lowest BCUT2D eigenvalue weighted by molar-refractivity contribution is -0.120. The van der Waals surface area contributed by atoms with Crippen molar-refractivity contribution >= 4 is 28.9 Å². The van der Waals surface area contributed by atoms with Gasteiger partial charge in [0.15, 0.2) is 5.96 Å². The van der Waals surface area contributed by atoms with E-state index in [-0.39, 0.29) is 5.91 Å². The zero-order valence-electron chi connectivity index (χ0n) is 15.9. The number of thiophene rings is 1. The van der Waals surface area contributed by atoms with E-state index in [2.05, 4.69) is 73.9 Å². The number of hydrogen-bond acceptors (Lipinski definition) is 4. The van der Waals surface area contributed by atoms with Crippen LogP contribution in [0.2, 0.25) is 0 Å². The molecule has 0 aliphatic carbocycles. The molecular formula is C20H27N5OS. The van der Waals surface area contributed by atoms with Gasteiger partial charge in [0.1, 0.15) is 0 Å². The third-order valence-corrected chi connectivity index (χ3v) is 5.41. The van der Waals surface area contributed by atoms with Gasteiger partial charge >= 0.3 is 0 Å². The zero-order valence-corrected chi connectivity index (χ0v) is 16.7. The molecule has 0 bridgehead atoms. The Hall–Kier alpha value is -2.54. The predicted octanol–water partition coefficient (Wildman–Crippen LogP) is 2.15. The smallest absolute Gasteiger partial charge is 0.239 e. The number of rotatable bonds is 6. The van der Waals surface area contributed by atoms with Gasteiger partial charge in [0.2, 0.25) is 5.91 Å². The van der Waals surface area contributed by atoms with E-state index >= 15 is 0 Å². The van der Waals surface area contributed by atoms with Crippen molar-refractivity contribution in [1.29, 1.82) is 0 Å². The molecule has 1 aromatic carbocycles. The van der Waals surface area contributed by atoms with Crippen molar-refractivity contribution in [3.8, 4) is 0 Å². The second-order valence-electron chi connectivity index (χ2n) is 6.70. The average Bonchev–Trinajstić information content (AvgIpc) is 3.23. The summed E-state index contributed by atoms with van der Waals surface area (Å²) in [6, 6.07) is 10.5. The quantitative estimate of drug-likeness (QED) is 0.526. The Balaban J connectivity index is 1.47. The molecule has 0 spiro atoms. The van der Waals surface area contributed by atoms with Crippen LogP contribution >= 0.6 is 11.3 Å². The molecular weight excluding hydrogens is 358 g/mol. The Bertz CT molecular complexity index is 757. The monoisotopic (exact) mass is 385 g/mol. The molecule has 1 fully saturated rings. The molecule has 1 aliphatic rings. The molecule has 144 valence electrons. The highest BCUT2D eigenvalue weighted by molar-refractivity contribution is 7.07. The number of aliphatic imine (C=N–C) groups is 1. The topological polar surface area (TPSA) is 68.8 Å². The highest BCUT2D eigenvalue weighted by atomic mass is 32.1. The summed E-state index contributed by atoms with van der Waals surface area (Å²) in [5, 5.41) is 13.9. The molecule has 6 nitrogen and oxygen atoms in total. The number of nitrogens with one attached hydrogen (secondary N) is 3. The molecule has 3 N–H and O–H groups in total. The molecule has 1 atom stereocenters. The fraction of sp³-hybridized carbons (Fsp3) is 0.400. The molecule has 27 heavy (non-hydrogen) atoms. The van der Waals surface area contributed by atoms with Gasteiger partial charge in [-0.15, -0.1) is 0 Å². The Labute approximate surface area is 164 Å². The highest BCUT2D eigenvalue weighted by Crippen LogP contribution is 2.17. The van der Waals surface area contributed by atoms with E-state index in [1.54, 1.807) is 18.4 Å². The van der Waals surface area contributed by atoms with Gasteiger partial charge in [-0.2, -0.15) is 11.3 Å². The number of carbonyl (C=O) groups is 1. The van der Waals surface area contributed by atoms with Crippen molar-refractivity contribution in [2.75, 3.05) is 38.1 Å². The van der Waals surface area contributed by atoms with Gasteiger partial charge in [0.25, 0.3) is 0 Å². The van der Waals surface area contributed by atoms with E-state index in [9.17, 15) is 4.79 Å². The molecule has 0 saturated carbocycles. The minimum atomic E-state index is 0.0820. The maximum Gasteiger partial charge on any atom is 0.239 e. The maximum atomic E-state index is 11.5. The molecule has 1 saturated heterocycles. The van der Waals surface area contributed by atoms with Crippen LogP contribution in [0, 0.1) is 0 Å². The normalized spacial score (nSPS) is 16.0. The molecule has 3 rings (SSSR count). The lowest BCUT2D eigenvalue weighted by atomic mass is 10.1. The average molecular weight is 386 g/mol. The van der Waals surface area contributed by atoms with Crippen LogP contribution in [-0.4, -0.2) is 45.1 Å². The molecule has 1 unspecified atom stereocenters. The van der Waals surface area contributed by atoms with Gasteiger partial charge in [-0.05, 0) is 46.0 Å².